The molecule has 2 saturated heterocycles. The molecule has 0 aromatic heterocycles. The molecule has 0 aromatic carbocycles. The summed E-state index contributed by atoms with van der Waals surface area (Å²) in [6.07, 6.45) is -0.246. The number of aliphatic hydroxyl groups excluding tert-OH is 1. The summed E-state index contributed by atoms with van der Waals surface area (Å²) in [7, 11) is 0. The van der Waals surface area contributed by atoms with Crippen LogP contribution < -0.4 is 5.32 Å². The van der Waals surface area contributed by atoms with Gasteiger partial charge in [-0.15, -0.1) is 0 Å². The maximum Gasteiger partial charge on any atom is 0.173 e. The van der Waals surface area contributed by atoms with Gasteiger partial charge in [0.05, 0.1) is 12.6 Å². The molecular weight excluding hydrogens is 146 g/mol. The molecule has 0 spiro atoms. The van der Waals surface area contributed by atoms with Crippen LogP contribution >= 0.6 is 0 Å². The number of morpholine rings is 1. The van der Waals surface area contributed by atoms with Crippen LogP contribution in [0.25, 0.3) is 0 Å². The Hall–Kier alpha value is -0.160. The van der Waals surface area contributed by atoms with Crippen molar-refractivity contribution in [3.63, 3.8) is 0 Å². The highest BCUT2D eigenvalue weighted by molar-refractivity contribution is 4.87. The minimum Gasteiger partial charge on any atom is -0.394 e. The first-order valence-electron chi connectivity index (χ1n) is 3.96. The highest BCUT2D eigenvalue weighted by Gasteiger charge is 2.41. The average Bonchev–Trinajstić information content (AvgIpc) is 2.37. The van der Waals surface area contributed by atoms with E-state index in [9.17, 15) is 0 Å². The third-order valence-electron chi connectivity index (χ3n) is 2.26. The Morgan fingerprint density at radius 2 is 2.36 bits per heavy atom. The maximum atomic E-state index is 8.87. The largest absolute Gasteiger partial charge is 0.394 e. The Morgan fingerprint density at radius 3 is 3.00 bits per heavy atom. The van der Waals surface area contributed by atoms with Gasteiger partial charge in [-0.25, -0.2) is 0 Å². The van der Waals surface area contributed by atoms with Crippen molar-refractivity contribution in [3.8, 4) is 0 Å². The van der Waals surface area contributed by atoms with Crippen molar-refractivity contribution < 1.29 is 14.6 Å². The number of hydrogen-bond donors (Lipinski definition) is 2. The molecule has 64 valence electrons. The summed E-state index contributed by atoms with van der Waals surface area (Å²) in [5, 5.41) is 12.1. The van der Waals surface area contributed by atoms with Crippen molar-refractivity contribution in [1.29, 1.82) is 0 Å². The van der Waals surface area contributed by atoms with E-state index in [1.54, 1.807) is 0 Å². The number of fused-ring (bicyclic) bond motifs is 2. The zero-order chi connectivity index (χ0) is 7.84. The number of aliphatic hydroxyl groups is 1. The van der Waals surface area contributed by atoms with Crippen LogP contribution in [0.1, 0.15) is 6.92 Å². The van der Waals surface area contributed by atoms with Crippen molar-refractivity contribution >= 4 is 0 Å². The average molecular weight is 159 g/mol. The second-order valence-electron chi connectivity index (χ2n) is 3.10. The lowest BCUT2D eigenvalue weighted by Crippen LogP contribution is -2.47. The summed E-state index contributed by atoms with van der Waals surface area (Å²) < 4.78 is 10.9. The highest BCUT2D eigenvalue weighted by Crippen LogP contribution is 2.24. The van der Waals surface area contributed by atoms with E-state index < -0.39 is 0 Å². The molecular formula is C7H13NO3. The number of nitrogens with one attached hydrogen (secondary N) is 1. The van der Waals surface area contributed by atoms with Gasteiger partial charge in [0.2, 0.25) is 0 Å². The predicted molar refractivity (Wildman–Crippen MR) is 38.1 cm³/mol. The standard InChI is InChI=1S/C7H13NO3/c1-4-7-10-5(2-8-4)6(3-9)11-7/h4-9H,2-3H2,1H3. The first-order valence-corrected chi connectivity index (χ1v) is 3.96. The lowest BCUT2D eigenvalue weighted by Gasteiger charge is -2.25. The minimum atomic E-state index is -0.161. The number of hydrogen-bond acceptors (Lipinski definition) is 4. The molecule has 2 aliphatic rings. The molecule has 0 aromatic rings. The molecule has 2 aliphatic heterocycles. The molecule has 2 rings (SSSR count). The van der Waals surface area contributed by atoms with E-state index in [0.717, 1.165) is 6.54 Å². The smallest absolute Gasteiger partial charge is 0.173 e. The molecule has 2 N–H and O–H groups in total. The lowest BCUT2D eigenvalue weighted by atomic mass is 10.2. The number of rotatable bonds is 1. The molecule has 4 nitrogen and oxygen atoms in total. The van der Waals surface area contributed by atoms with E-state index in [1.165, 1.54) is 0 Å². The second-order valence-corrected chi connectivity index (χ2v) is 3.10. The van der Waals surface area contributed by atoms with Crippen LogP contribution in [-0.2, 0) is 9.47 Å². The van der Waals surface area contributed by atoms with Crippen LogP contribution in [0.15, 0.2) is 0 Å². The van der Waals surface area contributed by atoms with Gasteiger partial charge in [0.1, 0.15) is 12.2 Å². The molecule has 4 heteroatoms. The summed E-state index contributed by atoms with van der Waals surface area (Å²) in [5.74, 6) is 0. The fourth-order valence-corrected chi connectivity index (χ4v) is 1.53. The van der Waals surface area contributed by atoms with E-state index in [1.807, 2.05) is 6.92 Å². The molecule has 4 atom stereocenters. The summed E-state index contributed by atoms with van der Waals surface area (Å²) >= 11 is 0. The van der Waals surface area contributed by atoms with Crippen LogP contribution in [0.2, 0.25) is 0 Å². The molecule has 0 radical (unpaired) electrons. The van der Waals surface area contributed by atoms with Gasteiger partial charge in [0.15, 0.2) is 6.29 Å². The Balaban J connectivity index is 2.03. The predicted octanol–water partition coefficient (Wildman–Crippen LogP) is -0.920. The molecule has 4 unspecified atom stereocenters. The van der Waals surface area contributed by atoms with Crippen molar-refractivity contribution in [2.45, 2.75) is 31.5 Å². The SMILES string of the molecule is CC1NCC2OC1OC2CO. The zero-order valence-corrected chi connectivity index (χ0v) is 6.49. The van der Waals surface area contributed by atoms with Gasteiger partial charge >= 0.3 is 0 Å². The molecule has 2 fully saturated rings. The third kappa shape index (κ3) is 1.16. The topological polar surface area (TPSA) is 50.7 Å². The van der Waals surface area contributed by atoms with E-state index in [4.69, 9.17) is 14.6 Å². The molecule has 0 aliphatic carbocycles. The van der Waals surface area contributed by atoms with Crippen molar-refractivity contribution in [3.05, 3.63) is 0 Å². The van der Waals surface area contributed by atoms with Gasteiger partial charge in [0.25, 0.3) is 0 Å². The molecule has 2 bridgehead atoms. The van der Waals surface area contributed by atoms with Crippen molar-refractivity contribution in [2.24, 2.45) is 0 Å². The van der Waals surface area contributed by atoms with Gasteiger partial charge in [-0.3, -0.25) is 0 Å². The molecule has 0 amide bonds. The monoisotopic (exact) mass is 159 g/mol. The summed E-state index contributed by atoms with van der Waals surface area (Å²) in [6.45, 7) is 2.85. The van der Waals surface area contributed by atoms with Gasteiger partial charge in [-0.2, -0.15) is 0 Å². The van der Waals surface area contributed by atoms with E-state index in [2.05, 4.69) is 5.32 Å². The zero-order valence-electron chi connectivity index (χ0n) is 6.49. The van der Waals surface area contributed by atoms with Gasteiger partial charge in [-0.1, -0.05) is 0 Å². The minimum absolute atomic E-state index is 0.0428. The van der Waals surface area contributed by atoms with E-state index >= 15 is 0 Å². The number of ether oxygens (including phenoxy) is 2. The molecule has 0 saturated carbocycles. The van der Waals surface area contributed by atoms with Gasteiger partial charge in [0, 0.05) is 6.54 Å². The van der Waals surface area contributed by atoms with Gasteiger partial charge in [-0.05, 0) is 6.92 Å². The van der Waals surface area contributed by atoms with Crippen molar-refractivity contribution in [2.75, 3.05) is 13.2 Å². The fourth-order valence-electron chi connectivity index (χ4n) is 1.53. The summed E-state index contributed by atoms with van der Waals surface area (Å²) in [6, 6.07) is 0.239. The second kappa shape index (κ2) is 2.71. The van der Waals surface area contributed by atoms with Crippen LogP contribution in [0, 0.1) is 0 Å². The highest BCUT2D eigenvalue weighted by atomic mass is 16.7. The summed E-state index contributed by atoms with van der Waals surface area (Å²) in [4.78, 5) is 0. The van der Waals surface area contributed by atoms with E-state index in [0.29, 0.717) is 0 Å². The van der Waals surface area contributed by atoms with Crippen LogP contribution in [0.4, 0.5) is 0 Å². The fraction of sp³-hybridized carbons (Fsp3) is 1.00. The summed E-state index contributed by atoms with van der Waals surface area (Å²) in [5.41, 5.74) is 0. The van der Waals surface area contributed by atoms with Crippen LogP contribution in [0.5, 0.6) is 0 Å². The van der Waals surface area contributed by atoms with E-state index in [-0.39, 0.29) is 31.1 Å². The first-order chi connectivity index (χ1) is 5.31. The Morgan fingerprint density at radius 1 is 1.55 bits per heavy atom. The van der Waals surface area contributed by atoms with Crippen LogP contribution in [0.3, 0.4) is 0 Å². The molecule has 2 heterocycles. The van der Waals surface area contributed by atoms with Gasteiger partial charge < -0.3 is 19.9 Å². The quantitative estimate of drug-likeness (QED) is 0.519. The maximum absolute atomic E-state index is 8.87. The lowest BCUT2D eigenvalue weighted by molar-refractivity contribution is -0.103. The van der Waals surface area contributed by atoms with Crippen molar-refractivity contribution in [1.82, 2.24) is 5.32 Å². The normalized spacial score (nSPS) is 49.6. The third-order valence-corrected chi connectivity index (χ3v) is 2.26. The Labute approximate surface area is 65.5 Å². The first kappa shape index (κ1) is 7.49. The molecule has 11 heavy (non-hydrogen) atoms. The Bertz CT molecular complexity index is 153. The van der Waals surface area contributed by atoms with Crippen LogP contribution in [-0.4, -0.2) is 42.8 Å². The Kier molecular flexibility index (Phi) is 1.85.